The average Bonchev–Trinajstić information content (AvgIpc) is 3.77. The first-order valence-corrected chi connectivity index (χ1v) is 13.5. The summed E-state index contributed by atoms with van der Waals surface area (Å²) in [4.78, 5) is 38.8. The highest BCUT2D eigenvalue weighted by atomic mass is 32.1. The van der Waals surface area contributed by atoms with E-state index in [-0.39, 0.29) is 35.7 Å². The minimum Gasteiger partial charge on any atom is -0.356 e. The van der Waals surface area contributed by atoms with Gasteiger partial charge in [-0.15, -0.1) is 21.5 Å². The Kier molecular flexibility index (Phi) is 5.95. The molecule has 4 aliphatic rings. The average molecular weight is 498 g/mol. The third kappa shape index (κ3) is 4.91. The Morgan fingerprint density at radius 1 is 1.14 bits per heavy atom. The molecular formula is C24H31N7O3S. The largest absolute Gasteiger partial charge is 0.356 e. The fraction of sp³-hybridized carbons (Fsp3) is 0.625. The molecule has 6 rings (SSSR count). The number of carbonyl (C=O) groups is 3. The number of piperidine rings is 1. The second-order valence-electron chi connectivity index (χ2n) is 10.3. The van der Waals surface area contributed by atoms with Gasteiger partial charge in [0.2, 0.25) is 17.8 Å². The molecule has 3 aliphatic carbocycles. The molecule has 186 valence electrons. The summed E-state index contributed by atoms with van der Waals surface area (Å²) >= 11 is 1.55. The van der Waals surface area contributed by atoms with Gasteiger partial charge in [0, 0.05) is 42.4 Å². The van der Waals surface area contributed by atoms with Crippen LogP contribution in [0.25, 0.3) is 0 Å². The minimum atomic E-state index is -0.0866. The lowest BCUT2D eigenvalue weighted by Crippen LogP contribution is -2.40. The fourth-order valence-electron chi connectivity index (χ4n) is 5.04. The first-order chi connectivity index (χ1) is 17.0. The number of rotatable bonds is 8. The quantitative estimate of drug-likeness (QED) is 0.443. The van der Waals surface area contributed by atoms with E-state index in [2.05, 4.69) is 31.5 Å². The van der Waals surface area contributed by atoms with E-state index < -0.39 is 0 Å². The normalized spacial score (nSPS) is 23.8. The van der Waals surface area contributed by atoms with Gasteiger partial charge in [-0.3, -0.25) is 19.0 Å². The smallest absolute Gasteiger partial charge is 0.254 e. The van der Waals surface area contributed by atoms with E-state index in [0.717, 1.165) is 37.7 Å². The standard InChI is InChI=1S/C24H31N7O3S/c32-19-9-15(7-8-25-19)28-24-30-27-12-31(24)16-5-6-18-17(10-16)20(22(34)26-11-13-1-2-13)23(35-18)29-21(33)14-3-4-14/h12-16H,1-11H2,(H,25,32)(H,26,34)(H,28,30)(H,29,33)/t15?,16-/m0/s1. The summed E-state index contributed by atoms with van der Waals surface area (Å²) in [5, 5.41) is 21.6. The van der Waals surface area contributed by atoms with Crippen LogP contribution in [0.4, 0.5) is 10.9 Å². The number of nitrogens with zero attached hydrogens (tertiary/aromatic N) is 3. The van der Waals surface area contributed by atoms with Gasteiger partial charge in [0.1, 0.15) is 11.3 Å². The van der Waals surface area contributed by atoms with E-state index in [0.29, 0.717) is 48.4 Å². The predicted molar refractivity (Wildman–Crippen MR) is 131 cm³/mol. The molecule has 1 saturated heterocycles. The fourth-order valence-corrected chi connectivity index (χ4v) is 6.29. The molecular weight excluding hydrogens is 466 g/mol. The van der Waals surface area contributed by atoms with Crippen molar-refractivity contribution in [2.75, 3.05) is 23.7 Å². The molecule has 11 heteroatoms. The van der Waals surface area contributed by atoms with Crippen molar-refractivity contribution in [3.63, 3.8) is 0 Å². The van der Waals surface area contributed by atoms with Gasteiger partial charge in [0.05, 0.1) is 5.56 Å². The summed E-state index contributed by atoms with van der Waals surface area (Å²) < 4.78 is 2.04. The molecule has 0 spiro atoms. The maximum absolute atomic E-state index is 13.3. The van der Waals surface area contributed by atoms with Gasteiger partial charge in [-0.2, -0.15) is 0 Å². The molecule has 2 aromatic heterocycles. The maximum atomic E-state index is 13.3. The van der Waals surface area contributed by atoms with E-state index in [1.807, 2.05) is 4.57 Å². The lowest BCUT2D eigenvalue weighted by atomic mass is 9.91. The van der Waals surface area contributed by atoms with E-state index >= 15 is 0 Å². The summed E-state index contributed by atoms with van der Waals surface area (Å²) in [5.74, 6) is 1.31. The van der Waals surface area contributed by atoms with Crippen LogP contribution in [0, 0.1) is 11.8 Å². The van der Waals surface area contributed by atoms with Gasteiger partial charge < -0.3 is 21.3 Å². The monoisotopic (exact) mass is 497 g/mol. The van der Waals surface area contributed by atoms with Crippen molar-refractivity contribution in [3.05, 3.63) is 22.3 Å². The second kappa shape index (κ2) is 9.25. The van der Waals surface area contributed by atoms with Crippen LogP contribution in [0.3, 0.4) is 0 Å². The highest BCUT2D eigenvalue weighted by molar-refractivity contribution is 7.17. The lowest BCUT2D eigenvalue weighted by molar-refractivity contribution is -0.122. The van der Waals surface area contributed by atoms with Crippen LogP contribution in [0.1, 0.15) is 71.8 Å². The van der Waals surface area contributed by atoms with Crippen molar-refractivity contribution in [1.29, 1.82) is 0 Å². The van der Waals surface area contributed by atoms with Crippen LogP contribution < -0.4 is 21.3 Å². The van der Waals surface area contributed by atoms with E-state index in [4.69, 9.17) is 0 Å². The molecule has 3 amide bonds. The van der Waals surface area contributed by atoms with Crippen LogP contribution in [0.2, 0.25) is 0 Å². The predicted octanol–water partition coefficient (Wildman–Crippen LogP) is 2.25. The third-order valence-electron chi connectivity index (χ3n) is 7.44. The summed E-state index contributed by atoms with van der Waals surface area (Å²) in [6.07, 6.45) is 9.58. The summed E-state index contributed by atoms with van der Waals surface area (Å²) in [5.41, 5.74) is 1.67. The molecule has 3 fully saturated rings. The summed E-state index contributed by atoms with van der Waals surface area (Å²) in [6.45, 7) is 1.35. The molecule has 3 heterocycles. The van der Waals surface area contributed by atoms with Gasteiger partial charge >= 0.3 is 0 Å². The maximum Gasteiger partial charge on any atom is 0.254 e. The number of hydrogen-bond acceptors (Lipinski definition) is 7. The number of aromatic nitrogens is 3. The number of hydrogen-bond donors (Lipinski definition) is 4. The molecule has 2 atom stereocenters. The number of thiophene rings is 1. The molecule has 0 bridgehead atoms. The Bertz CT molecular complexity index is 1150. The first-order valence-electron chi connectivity index (χ1n) is 12.7. The van der Waals surface area contributed by atoms with Crippen molar-refractivity contribution < 1.29 is 14.4 Å². The van der Waals surface area contributed by atoms with Crippen LogP contribution in [-0.4, -0.2) is 51.6 Å². The number of fused-ring (bicyclic) bond motifs is 1. The van der Waals surface area contributed by atoms with Gasteiger partial charge in [-0.1, -0.05) is 0 Å². The van der Waals surface area contributed by atoms with Crippen molar-refractivity contribution >= 4 is 40.0 Å². The van der Waals surface area contributed by atoms with Crippen LogP contribution >= 0.6 is 11.3 Å². The molecule has 2 saturated carbocycles. The van der Waals surface area contributed by atoms with Crippen LogP contribution in [0.15, 0.2) is 6.33 Å². The van der Waals surface area contributed by atoms with E-state index in [9.17, 15) is 14.4 Å². The SMILES string of the molecule is O=C1CC(Nc2nncn2[C@H]2CCc3sc(NC(=O)C4CC4)c(C(=O)NCC4CC4)c3C2)CCN1. The molecule has 1 aliphatic heterocycles. The van der Waals surface area contributed by atoms with Crippen molar-refractivity contribution in [3.8, 4) is 0 Å². The van der Waals surface area contributed by atoms with Gasteiger partial charge in [-0.25, -0.2) is 0 Å². The second-order valence-corrected chi connectivity index (χ2v) is 11.4. The molecule has 2 aromatic rings. The molecule has 10 nitrogen and oxygen atoms in total. The highest BCUT2D eigenvalue weighted by Gasteiger charge is 2.35. The first kappa shape index (κ1) is 22.5. The zero-order chi connectivity index (χ0) is 23.9. The lowest BCUT2D eigenvalue weighted by Gasteiger charge is -2.28. The summed E-state index contributed by atoms with van der Waals surface area (Å²) in [6, 6.07) is 0.119. The number of aryl methyl sites for hydroxylation is 1. The molecule has 35 heavy (non-hydrogen) atoms. The Hall–Kier alpha value is -2.95. The molecule has 1 unspecified atom stereocenters. The van der Waals surface area contributed by atoms with Gasteiger partial charge in [0.15, 0.2) is 0 Å². The minimum absolute atomic E-state index is 0.0261. The Morgan fingerprint density at radius 2 is 2.00 bits per heavy atom. The molecule has 0 aromatic carbocycles. The zero-order valence-electron chi connectivity index (χ0n) is 19.6. The van der Waals surface area contributed by atoms with Crippen LogP contribution in [0.5, 0.6) is 0 Å². The third-order valence-corrected chi connectivity index (χ3v) is 8.65. The Balaban J connectivity index is 1.24. The highest BCUT2D eigenvalue weighted by Crippen LogP contribution is 2.42. The van der Waals surface area contributed by atoms with Crippen molar-refractivity contribution in [1.82, 2.24) is 25.4 Å². The Morgan fingerprint density at radius 3 is 2.77 bits per heavy atom. The zero-order valence-corrected chi connectivity index (χ0v) is 20.5. The summed E-state index contributed by atoms with van der Waals surface area (Å²) in [7, 11) is 0. The van der Waals surface area contributed by atoms with Crippen LogP contribution in [-0.2, 0) is 22.4 Å². The van der Waals surface area contributed by atoms with E-state index in [1.165, 1.54) is 17.7 Å². The topological polar surface area (TPSA) is 130 Å². The number of anilines is 2. The number of nitrogens with one attached hydrogen (secondary N) is 4. The van der Waals surface area contributed by atoms with Crippen molar-refractivity contribution in [2.45, 2.75) is 69.9 Å². The Labute approximate surface area is 207 Å². The number of amides is 3. The van der Waals surface area contributed by atoms with Gasteiger partial charge in [0.25, 0.3) is 5.91 Å². The van der Waals surface area contributed by atoms with Crippen molar-refractivity contribution in [2.24, 2.45) is 11.8 Å². The number of carbonyl (C=O) groups excluding carboxylic acids is 3. The van der Waals surface area contributed by atoms with E-state index in [1.54, 1.807) is 17.7 Å². The van der Waals surface area contributed by atoms with Gasteiger partial charge in [-0.05, 0) is 62.8 Å². The molecule has 4 N–H and O–H groups in total. The molecule has 0 radical (unpaired) electrons.